The Bertz CT molecular complexity index is 606. The third kappa shape index (κ3) is 3.19. The van der Waals surface area contributed by atoms with E-state index in [4.69, 9.17) is 0 Å². The maximum atomic E-state index is 9.45. The standard InChI is InChI=1S/C18H20N2/c1-14-6-4-5-7-18(14)16(13-19)12-15-8-10-17(11-9-15)20(2)3/h4-11,16H,12H2,1-3H3. The number of rotatable bonds is 4. The zero-order chi connectivity index (χ0) is 14.5. The Kier molecular flexibility index (Phi) is 4.42. The van der Waals surface area contributed by atoms with E-state index in [0.717, 1.165) is 12.0 Å². The van der Waals surface area contributed by atoms with E-state index in [9.17, 15) is 5.26 Å². The number of aryl methyl sites for hydroxylation is 1. The van der Waals surface area contributed by atoms with Crippen molar-refractivity contribution in [2.45, 2.75) is 19.3 Å². The summed E-state index contributed by atoms with van der Waals surface area (Å²) in [6, 6.07) is 19.0. The van der Waals surface area contributed by atoms with Crippen LogP contribution >= 0.6 is 0 Å². The van der Waals surface area contributed by atoms with Crippen LogP contribution in [0.15, 0.2) is 48.5 Å². The molecule has 0 aliphatic carbocycles. The molecule has 2 aromatic rings. The van der Waals surface area contributed by atoms with E-state index in [2.05, 4.69) is 54.3 Å². The van der Waals surface area contributed by atoms with Gasteiger partial charge in [-0.05, 0) is 42.2 Å². The Labute approximate surface area is 121 Å². The SMILES string of the molecule is Cc1ccccc1C(C#N)Cc1ccc(N(C)C)cc1. The average Bonchev–Trinajstić information content (AvgIpc) is 2.46. The molecule has 20 heavy (non-hydrogen) atoms. The highest BCUT2D eigenvalue weighted by Crippen LogP contribution is 2.24. The summed E-state index contributed by atoms with van der Waals surface area (Å²) in [5.74, 6) is -0.0820. The second-order valence-electron chi connectivity index (χ2n) is 5.30. The van der Waals surface area contributed by atoms with Gasteiger partial charge in [0.1, 0.15) is 0 Å². The van der Waals surface area contributed by atoms with Gasteiger partial charge in [0.2, 0.25) is 0 Å². The molecular formula is C18H20N2. The first-order valence-corrected chi connectivity index (χ1v) is 6.83. The van der Waals surface area contributed by atoms with Gasteiger partial charge in [-0.15, -0.1) is 0 Å². The summed E-state index contributed by atoms with van der Waals surface area (Å²) in [4.78, 5) is 2.08. The number of nitrogens with zero attached hydrogens (tertiary/aromatic N) is 2. The summed E-state index contributed by atoms with van der Waals surface area (Å²) >= 11 is 0. The Hall–Kier alpha value is -2.27. The summed E-state index contributed by atoms with van der Waals surface area (Å²) < 4.78 is 0. The molecule has 0 radical (unpaired) electrons. The largest absolute Gasteiger partial charge is 0.378 e. The van der Waals surface area contributed by atoms with Crippen LogP contribution in [0.3, 0.4) is 0 Å². The summed E-state index contributed by atoms with van der Waals surface area (Å²) in [5.41, 5.74) is 4.69. The second-order valence-corrected chi connectivity index (χ2v) is 5.30. The molecule has 0 aliphatic heterocycles. The molecule has 2 nitrogen and oxygen atoms in total. The van der Waals surface area contributed by atoms with Gasteiger partial charge >= 0.3 is 0 Å². The molecule has 2 aromatic carbocycles. The van der Waals surface area contributed by atoms with Crippen molar-refractivity contribution >= 4 is 5.69 Å². The van der Waals surface area contributed by atoms with Gasteiger partial charge in [-0.25, -0.2) is 0 Å². The molecule has 2 rings (SSSR count). The zero-order valence-corrected chi connectivity index (χ0v) is 12.3. The van der Waals surface area contributed by atoms with Gasteiger partial charge in [-0.2, -0.15) is 5.26 Å². The molecule has 0 saturated heterocycles. The Morgan fingerprint density at radius 3 is 2.25 bits per heavy atom. The molecule has 0 aliphatic rings. The predicted octanol–water partition coefficient (Wildman–Crippen LogP) is 3.91. The van der Waals surface area contributed by atoms with Gasteiger partial charge < -0.3 is 4.90 Å². The van der Waals surface area contributed by atoms with Crippen molar-refractivity contribution < 1.29 is 0 Å². The van der Waals surface area contributed by atoms with Gasteiger partial charge in [0, 0.05) is 19.8 Å². The third-order valence-corrected chi connectivity index (χ3v) is 3.61. The topological polar surface area (TPSA) is 27.0 Å². The lowest BCUT2D eigenvalue weighted by Crippen LogP contribution is -2.08. The second kappa shape index (κ2) is 6.25. The molecule has 0 N–H and O–H groups in total. The van der Waals surface area contributed by atoms with Crippen LogP contribution in [0, 0.1) is 18.3 Å². The average molecular weight is 264 g/mol. The van der Waals surface area contributed by atoms with Crippen LogP contribution in [-0.4, -0.2) is 14.1 Å². The number of anilines is 1. The maximum Gasteiger partial charge on any atom is 0.0755 e. The minimum Gasteiger partial charge on any atom is -0.378 e. The van der Waals surface area contributed by atoms with E-state index in [1.807, 2.05) is 26.2 Å². The summed E-state index contributed by atoms with van der Waals surface area (Å²) in [6.07, 6.45) is 0.759. The van der Waals surface area contributed by atoms with Crippen molar-refractivity contribution in [1.82, 2.24) is 0 Å². The quantitative estimate of drug-likeness (QED) is 0.837. The van der Waals surface area contributed by atoms with E-state index in [1.165, 1.54) is 16.8 Å². The van der Waals surface area contributed by atoms with Crippen molar-refractivity contribution in [2.24, 2.45) is 0 Å². The predicted molar refractivity (Wildman–Crippen MR) is 84.0 cm³/mol. The van der Waals surface area contributed by atoms with E-state index < -0.39 is 0 Å². The van der Waals surface area contributed by atoms with E-state index >= 15 is 0 Å². The summed E-state index contributed by atoms with van der Waals surface area (Å²) in [5, 5.41) is 9.45. The van der Waals surface area contributed by atoms with Gasteiger partial charge in [0.15, 0.2) is 0 Å². The van der Waals surface area contributed by atoms with Crippen LogP contribution in [0.4, 0.5) is 5.69 Å². The fourth-order valence-electron chi connectivity index (χ4n) is 2.37. The molecule has 0 bridgehead atoms. The highest BCUT2D eigenvalue weighted by atomic mass is 15.1. The highest BCUT2D eigenvalue weighted by molar-refractivity contribution is 5.46. The van der Waals surface area contributed by atoms with Crippen molar-refractivity contribution in [3.8, 4) is 6.07 Å². The molecule has 102 valence electrons. The van der Waals surface area contributed by atoms with Crippen LogP contribution in [0.25, 0.3) is 0 Å². The Morgan fingerprint density at radius 2 is 1.70 bits per heavy atom. The summed E-state index contributed by atoms with van der Waals surface area (Å²) in [6.45, 7) is 2.06. The first-order valence-electron chi connectivity index (χ1n) is 6.83. The lowest BCUT2D eigenvalue weighted by molar-refractivity contribution is 0.841. The molecular weight excluding hydrogens is 244 g/mol. The van der Waals surface area contributed by atoms with Crippen LogP contribution in [-0.2, 0) is 6.42 Å². The Morgan fingerprint density at radius 1 is 1.05 bits per heavy atom. The van der Waals surface area contributed by atoms with E-state index in [0.29, 0.717) is 0 Å². The fourth-order valence-corrected chi connectivity index (χ4v) is 2.37. The lowest BCUT2D eigenvalue weighted by atomic mass is 9.90. The molecule has 0 amide bonds. The number of benzene rings is 2. The van der Waals surface area contributed by atoms with Gasteiger partial charge in [-0.1, -0.05) is 36.4 Å². The Balaban J connectivity index is 2.19. The maximum absolute atomic E-state index is 9.45. The smallest absolute Gasteiger partial charge is 0.0755 e. The summed E-state index contributed by atoms with van der Waals surface area (Å²) in [7, 11) is 4.06. The molecule has 0 heterocycles. The van der Waals surface area contributed by atoms with Crippen molar-refractivity contribution in [3.63, 3.8) is 0 Å². The monoisotopic (exact) mass is 264 g/mol. The fraction of sp³-hybridized carbons (Fsp3) is 0.278. The normalized spacial score (nSPS) is 11.7. The van der Waals surface area contributed by atoms with Gasteiger partial charge in [-0.3, -0.25) is 0 Å². The first kappa shape index (κ1) is 14.1. The molecule has 1 unspecified atom stereocenters. The molecule has 0 fully saturated rings. The number of nitriles is 1. The molecule has 0 aromatic heterocycles. The van der Waals surface area contributed by atoms with Crippen molar-refractivity contribution in [3.05, 3.63) is 65.2 Å². The third-order valence-electron chi connectivity index (χ3n) is 3.61. The minimum atomic E-state index is -0.0820. The van der Waals surface area contributed by atoms with Crippen LogP contribution in [0.1, 0.15) is 22.6 Å². The van der Waals surface area contributed by atoms with Crippen LogP contribution in [0.5, 0.6) is 0 Å². The van der Waals surface area contributed by atoms with E-state index in [1.54, 1.807) is 0 Å². The molecule has 2 heteroatoms. The highest BCUT2D eigenvalue weighted by Gasteiger charge is 2.13. The van der Waals surface area contributed by atoms with Crippen LogP contribution in [0.2, 0.25) is 0 Å². The lowest BCUT2D eigenvalue weighted by Gasteiger charge is -2.15. The first-order chi connectivity index (χ1) is 9.61. The molecule has 0 spiro atoms. The van der Waals surface area contributed by atoms with Gasteiger partial charge in [0.05, 0.1) is 12.0 Å². The van der Waals surface area contributed by atoms with Crippen LogP contribution < -0.4 is 4.90 Å². The number of hydrogen-bond acceptors (Lipinski definition) is 2. The molecule has 0 saturated carbocycles. The number of hydrogen-bond donors (Lipinski definition) is 0. The van der Waals surface area contributed by atoms with Gasteiger partial charge in [0.25, 0.3) is 0 Å². The zero-order valence-electron chi connectivity index (χ0n) is 12.3. The van der Waals surface area contributed by atoms with E-state index in [-0.39, 0.29) is 5.92 Å². The molecule has 1 atom stereocenters. The van der Waals surface area contributed by atoms with Crippen molar-refractivity contribution in [1.29, 1.82) is 5.26 Å². The minimum absolute atomic E-state index is 0.0820. The van der Waals surface area contributed by atoms with Crippen molar-refractivity contribution in [2.75, 3.05) is 19.0 Å².